The lowest BCUT2D eigenvalue weighted by Crippen LogP contribution is -2.05. The maximum atomic E-state index is 12.6. The van der Waals surface area contributed by atoms with E-state index in [0.717, 1.165) is 23.2 Å². The molecule has 0 radical (unpaired) electrons. The number of aromatic amines is 1. The standard InChI is InChI=1S/C17H17N3O3S/c1-10-7-18-15(11(2)16(10)23-3)9-24(22)17-19-13-5-4-12(8-21)6-14(13)20-17/h4-8H,9H2,1-3H3,(H,19,20). The maximum Gasteiger partial charge on any atom is 0.197 e. The van der Waals surface area contributed by atoms with Gasteiger partial charge in [-0.15, -0.1) is 0 Å². The molecule has 7 heteroatoms. The summed E-state index contributed by atoms with van der Waals surface area (Å²) in [5, 5.41) is 0.369. The Kier molecular flexibility index (Phi) is 4.44. The molecular formula is C17H17N3O3S. The van der Waals surface area contributed by atoms with Gasteiger partial charge in [-0.3, -0.25) is 14.0 Å². The molecule has 1 N–H and O–H groups in total. The normalized spacial score (nSPS) is 12.3. The van der Waals surface area contributed by atoms with Crippen LogP contribution in [0.1, 0.15) is 27.2 Å². The highest BCUT2D eigenvalue weighted by atomic mass is 32.2. The van der Waals surface area contributed by atoms with Gasteiger partial charge in [-0.1, -0.05) is 0 Å². The lowest BCUT2D eigenvalue weighted by Gasteiger charge is -2.11. The summed E-state index contributed by atoms with van der Waals surface area (Å²) in [5.41, 5.74) is 4.44. The summed E-state index contributed by atoms with van der Waals surface area (Å²) >= 11 is 0. The number of pyridine rings is 1. The fourth-order valence-corrected chi connectivity index (χ4v) is 3.69. The van der Waals surface area contributed by atoms with Crippen LogP contribution in [0, 0.1) is 13.8 Å². The van der Waals surface area contributed by atoms with E-state index in [4.69, 9.17) is 4.74 Å². The molecule has 3 aromatic rings. The number of H-pyrrole nitrogens is 1. The van der Waals surface area contributed by atoms with E-state index in [0.29, 0.717) is 27.4 Å². The van der Waals surface area contributed by atoms with Crippen molar-refractivity contribution in [3.63, 3.8) is 0 Å². The van der Waals surface area contributed by atoms with Gasteiger partial charge in [0.2, 0.25) is 0 Å². The molecule has 0 aliphatic heterocycles. The summed E-state index contributed by atoms with van der Waals surface area (Å²) in [5.74, 6) is 1.00. The Balaban J connectivity index is 1.91. The number of methoxy groups -OCH3 is 1. The molecule has 124 valence electrons. The van der Waals surface area contributed by atoms with E-state index in [1.165, 1.54) is 0 Å². The second-order valence-corrected chi connectivity index (χ2v) is 6.84. The van der Waals surface area contributed by atoms with Crippen molar-refractivity contribution in [3.8, 4) is 5.75 Å². The van der Waals surface area contributed by atoms with Crippen molar-refractivity contribution >= 4 is 28.1 Å². The maximum absolute atomic E-state index is 12.6. The summed E-state index contributed by atoms with van der Waals surface area (Å²) in [4.78, 5) is 22.6. The first-order valence-electron chi connectivity index (χ1n) is 7.36. The molecule has 2 aromatic heterocycles. The van der Waals surface area contributed by atoms with E-state index >= 15 is 0 Å². The average Bonchev–Trinajstić information content (AvgIpc) is 3.01. The number of aldehydes is 1. The molecule has 6 nitrogen and oxygen atoms in total. The predicted molar refractivity (Wildman–Crippen MR) is 91.9 cm³/mol. The molecule has 0 saturated heterocycles. The molecule has 0 amide bonds. The molecule has 0 bridgehead atoms. The molecule has 1 unspecified atom stereocenters. The zero-order chi connectivity index (χ0) is 17.3. The van der Waals surface area contributed by atoms with Gasteiger partial charge in [-0.2, -0.15) is 0 Å². The number of aromatic nitrogens is 3. The van der Waals surface area contributed by atoms with Gasteiger partial charge >= 0.3 is 0 Å². The predicted octanol–water partition coefficient (Wildman–Crippen LogP) is 2.70. The van der Waals surface area contributed by atoms with Crippen LogP contribution in [-0.2, 0) is 16.6 Å². The number of fused-ring (bicyclic) bond motifs is 1. The van der Waals surface area contributed by atoms with Crippen LogP contribution < -0.4 is 4.74 Å². The minimum atomic E-state index is -1.38. The molecule has 24 heavy (non-hydrogen) atoms. The zero-order valence-corrected chi connectivity index (χ0v) is 14.4. The second-order valence-electron chi connectivity index (χ2n) is 5.47. The average molecular weight is 343 g/mol. The number of rotatable bonds is 5. The van der Waals surface area contributed by atoms with Crippen molar-refractivity contribution in [2.45, 2.75) is 24.8 Å². The molecule has 0 aliphatic rings. The van der Waals surface area contributed by atoms with Crippen LogP contribution in [0.4, 0.5) is 0 Å². The number of nitrogens with zero attached hydrogens (tertiary/aromatic N) is 2. The number of hydrogen-bond donors (Lipinski definition) is 1. The summed E-state index contributed by atoms with van der Waals surface area (Å²) in [6, 6.07) is 5.10. The lowest BCUT2D eigenvalue weighted by atomic mass is 10.1. The molecule has 1 atom stereocenters. The topological polar surface area (TPSA) is 84.9 Å². The van der Waals surface area contributed by atoms with Crippen LogP contribution in [0.15, 0.2) is 29.6 Å². The molecule has 2 heterocycles. The third kappa shape index (κ3) is 2.94. The fraction of sp³-hybridized carbons (Fsp3) is 0.235. The molecule has 0 saturated carbocycles. The Labute approximate surface area is 141 Å². The van der Waals surface area contributed by atoms with E-state index in [1.54, 1.807) is 31.5 Å². The molecule has 1 aromatic carbocycles. The summed E-state index contributed by atoms with van der Waals surface area (Å²) in [6.07, 6.45) is 2.48. The van der Waals surface area contributed by atoms with Crippen molar-refractivity contribution in [2.75, 3.05) is 7.11 Å². The van der Waals surface area contributed by atoms with Gasteiger partial charge in [0.15, 0.2) is 5.16 Å². The number of imidazole rings is 1. The zero-order valence-electron chi connectivity index (χ0n) is 13.6. The number of carbonyl (C=O) groups is 1. The molecule has 0 spiro atoms. The Morgan fingerprint density at radius 1 is 1.33 bits per heavy atom. The largest absolute Gasteiger partial charge is 0.496 e. The van der Waals surface area contributed by atoms with Gasteiger partial charge in [-0.05, 0) is 32.0 Å². The van der Waals surface area contributed by atoms with Crippen molar-refractivity contribution < 1.29 is 13.7 Å². The first-order valence-corrected chi connectivity index (χ1v) is 8.67. The van der Waals surface area contributed by atoms with Crippen LogP contribution in [0.3, 0.4) is 0 Å². The number of nitrogens with one attached hydrogen (secondary N) is 1. The van der Waals surface area contributed by atoms with Gasteiger partial charge in [0.1, 0.15) is 12.0 Å². The highest BCUT2D eigenvalue weighted by molar-refractivity contribution is 7.84. The van der Waals surface area contributed by atoms with E-state index in [9.17, 15) is 9.00 Å². The van der Waals surface area contributed by atoms with Crippen molar-refractivity contribution in [2.24, 2.45) is 0 Å². The third-order valence-corrected chi connectivity index (χ3v) is 5.01. The van der Waals surface area contributed by atoms with Gasteiger partial charge < -0.3 is 9.72 Å². The number of ether oxygens (including phenoxy) is 1. The third-order valence-electron chi connectivity index (χ3n) is 3.85. The van der Waals surface area contributed by atoms with Gasteiger partial charge in [-0.25, -0.2) is 4.98 Å². The van der Waals surface area contributed by atoms with Crippen molar-refractivity contribution in [1.82, 2.24) is 15.0 Å². The van der Waals surface area contributed by atoms with Crippen LogP contribution in [0.2, 0.25) is 0 Å². The quantitative estimate of drug-likeness (QED) is 0.720. The number of carbonyl (C=O) groups excluding carboxylic acids is 1. The number of hydrogen-bond acceptors (Lipinski definition) is 5. The first kappa shape index (κ1) is 16.3. The Morgan fingerprint density at radius 2 is 2.12 bits per heavy atom. The van der Waals surface area contributed by atoms with E-state index in [2.05, 4.69) is 15.0 Å². The van der Waals surface area contributed by atoms with Crippen LogP contribution in [0.25, 0.3) is 11.0 Å². The molecule has 3 rings (SSSR count). The van der Waals surface area contributed by atoms with Crippen molar-refractivity contribution in [3.05, 3.63) is 46.8 Å². The number of aryl methyl sites for hydroxylation is 1. The van der Waals surface area contributed by atoms with Crippen LogP contribution in [0.5, 0.6) is 5.75 Å². The lowest BCUT2D eigenvalue weighted by molar-refractivity contribution is 0.112. The van der Waals surface area contributed by atoms with Crippen LogP contribution in [-0.4, -0.2) is 32.6 Å². The van der Waals surface area contributed by atoms with Gasteiger partial charge in [0.25, 0.3) is 0 Å². The molecule has 0 fully saturated rings. The smallest absolute Gasteiger partial charge is 0.197 e. The minimum Gasteiger partial charge on any atom is -0.496 e. The summed E-state index contributed by atoms with van der Waals surface area (Å²) in [7, 11) is 0.235. The Hall–Kier alpha value is -2.54. The minimum absolute atomic E-state index is 0.239. The number of benzene rings is 1. The van der Waals surface area contributed by atoms with E-state index in [-0.39, 0.29) is 5.75 Å². The van der Waals surface area contributed by atoms with E-state index in [1.807, 2.05) is 13.8 Å². The van der Waals surface area contributed by atoms with E-state index < -0.39 is 10.8 Å². The summed E-state index contributed by atoms with van der Waals surface area (Å²) < 4.78 is 18.0. The molecular weight excluding hydrogens is 326 g/mol. The second kappa shape index (κ2) is 6.52. The van der Waals surface area contributed by atoms with Gasteiger partial charge in [0.05, 0.1) is 40.4 Å². The Morgan fingerprint density at radius 3 is 2.83 bits per heavy atom. The van der Waals surface area contributed by atoms with Crippen LogP contribution >= 0.6 is 0 Å². The van der Waals surface area contributed by atoms with Crippen molar-refractivity contribution in [1.29, 1.82) is 0 Å². The summed E-state index contributed by atoms with van der Waals surface area (Å²) in [6.45, 7) is 3.82. The molecule has 0 aliphatic carbocycles. The Bertz CT molecular complexity index is 950. The first-order chi connectivity index (χ1) is 11.5. The highest BCUT2D eigenvalue weighted by Gasteiger charge is 2.16. The fourth-order valence-electron chi connectivity index (χ4n) is 2.59. The monoisotopic (exact) mass is 343 g/mol. The SMILES string of the molecule is COc1c(C)cnc(CS(=O)c2nc3ccc(C=O)cc3[nH]2)c1C. The van der Waals surface area contributed by atoms with Gasteiger partial charge in [0, 0.05) is 22.9 Å². The highest BCUT2D eigenvalue weighted by Crippen LogP contribution is 2.25.